The van der Waals surface area contributed by atoms with Crippen molar-refractivity contribution in [1.29, 1.82) is 0 Å². The Bertz CT molecular complexity index is 625. The van der Waals surface area contributed by atoms with Crippen LogP contribution in [-0.2, 0) is 19.5 Å². The monoisotopic (exact) mass is 317 g/mol. The third kappa shape index (κ3) is 4.48. The third-order valence-electron chi connectivity index (χ3n) is 3.11. The molecule has 1 saturated heterocycles. The van der Waals surface area contributed by atoms with Crippen molar-refractivity contribution in [3.05, 3.63) is 29.6 Å². The SMILES string of the molecule is NS(=O)(=O)c1cc(F)cc(C(=O)OCC2CCCCO2)c1. The van der Waals surface area contributed by atoms with Crippen LogP contribution in [0.1, 0.15) is 29.6 Å². The number of esters is 1. The highest BCUT2D eigenvalue weighted by molar-refractivity contribution is 7.89. The molecule has 0 aliphatic carbocycles. The fraction of sp³-hybridized carbons (Fsp3) is 0.462. The number of halogens is 1. The molecule has 1 unspecified atom stereocenters. The molecule has 1 aliphatic rings. The maximum atomic E-state index is 13.4. The van der Waals surface area contributed by atoms with E-state index in [1.54, 1.807) is 0 Å². The zero-order valence-corrected chi connectivity index (χ0v) is 12.1. The molecule has 0 bridgehead atoms. The number of hydrogen-bond donors (Lipinski definition) is 1. The summed E-state index contributed by atoms with van der Waals surface area (Å²) in [4.78, 5) is 11.4. The van der Waals surface area contributed by atoms with Crippen LogP contribution in [0.4, 0.5) is 4.39 Å². The number of nitrogens with two attached hydrogens (primary N) is 1. The van der Waals surface area contributed by atoms with Gasteiger partial charge in [-0.05, 0) is 37.5 Å². The second-order valence-corrected chi connectivity index (χ2v) is 6.37. The van der Waals surface area contributed by atoms with Crippen molar-refractivity contribution in [2.45, 2.75) is 30.3 Å². The van der Waals surface area contributed by atoms with Crippen LogP contribution in [0.2, 0.25) is 0 Å². The first-order valence-electron chi connectivity index (χ1n) is 6.48. The van der Waals surface area contributed by atoms with Crippen molar-refractivity contribution in [1.82, 2.24) is 0 Å². The Balaban J connectivity index is 2.06. The number of primary sulfonamides is 1. The van der Waals surface area contributed by atoms with Gasteiger partial charge in [-0.2, -0.15) is 0 Å². The first-order chi connectivity index (χ1) is 9.86. The Hall–Kier alpha value is -1.51. The Morgan fingerprint density at radius 3 is 2.76 bits per heavy atom. The van der Waals surface area contributed by atoms with E-state index in [1.165, 1.54) is 0 Å². The van der Waals surface area contributed by atoms with Crippen molar-refractivity contribution in [3.63, 3.8) is 0 Å². The van der Waals surface area contributed by atoms with E-state index in [-0.39, 0.29) is 18.3 Å². The number of carbonyl (C=O) groups excluding carboxylic acids is 1. The van der Waals surface area contributed by atoms with Crippen molar-refractivity contribution in [3.8, 4) is 0 Å². The number of ether oxygens (including phenoxy) is 2. The largest absolute Gasteiger partial charge is 0.459 e. The minimum atomic E-state index is -4.09. The molecule has 116 valence electrons. The van der Waals surface area contributed by atoms with E-state index in [4.69, 9.17) is 14.6 Å². The molecule has 0 spiro atoms. The lowest BCUT2D eigenvalue weighted by atomic mass is 10.1. The van der Waals surface area contributed by atoms with Gasteiger partial charge in [0.15, 0.2) is 0 Å². The number of sulfonamides is 1. The van der Waals surface area contributed by atoms with Crippen molar-refractivity contribution < 1.29 is 27.1 Å². The van der Waals surface area contributed by atoms with Gasteiger partial charge in [-0.3, -0.25) is 0 Å². The predicted octanol–water partition coefficient (Wildman–Crippen LogP) is 1.20. The zero-order chi connectivity index (χ0) is 15.5. The lowest BCUT2D eigenvalue weighted by Gasteiger charge is -2.22. The average molecular weight is 317 g/mol. The Morgan fingerprint density at radius 1 is 1.38 bits per heavy atom. The predicted molar refractivity (Wildman–Crippen MR) is 71.6 cm³/mol. The van der Waals surface area contributed by atoms with Crippen molar-refractivity contribution >= 4 is 16.0 Å². The van der Waals surface area contributed by atoms with E-state index in [9.17, 15) is 17.6 Å². The fourth-order valence-corrected chi connectivity index (χ4v) is 2.60. The van der Waals surface area contributed by atoms with E-state index < -0.39 is 26.7 Å². The summed E-state index contributed by atoms with van der Waals surface area (Å²) in [5, 5.41) is 4.92. The molecule has 21 heavy (non-hydrogen) atoms. The van der Waals surface area contributed by atoms with Gasteiger partial charge in [-0.25, -0.2) is 22.7 Å². The van der Waals surface area contributed by atoms with Crippen molar-refractivity contribution in [2.75, 3.05) is 13.2 Å². The Labute approximate surface area is 122 Å². The van der Waals surface area contributed by atoms with E-state index in [0.717, 1.165) is 37.5 Å². The zero-order valence-electron chi connectivity index (χ0n) is 11.2. The highest BCUT2D eigenvalue weighted by Gasteiger charge is 2.19. The molecule has 1 atom stereocenters. The van der Waals surface area contributed by atoms with Gasteiger partial charge in [-0.15, -0.1) is 0 Å². The molecule has 8 heteroatoms. The van der Waals surface area contributed by atoms with E-state index >= 15 is 0 Å². The standard InChI is InChI=1S/C13H16FNO5S/c14-10-5-9(6-12(7-10)21(15,17)18)13(16)20-8-11-3-1-2-4-19-11/h5-7,11H,1-4,8H2,(H2,15,17,18). The first kappa shape index (κ1) is 15.9. The molecule has 1 aliphatic heterocycles. The number of carbonyl (C=O) groups is 1. The van der Waals surface area contributed by atoms with Gasteiger partial charge >= 0.3 is 5.97 Å². The quantitative estimate of drug-likeness (QED) is 0.842. The molecule has 1 aromatic rings. The summed E-state index contributed by atoms with van der Waals surface area (Å²) in [6.45, 7) is 0.678. The third-order valence-corrected chi connectivity index (χ3v) is 4.00. The van der Waals surface area contributed by atoms with Gasteiger partial charge in [0.05, 0.1) is 16.6 Å². The lowest BCUT2D eigenvalue weighted by molar-refractivity contribution is -0.0300. The molecule has 0 aromatic heterocycles. The van der Waals surface area contributed by atoms with E-state index in [1.807, 2.05) is 0 Å². The van der Waals surface area contributed by atoms with Gasteiger partial charge in [0.25, 0.3) is 0 Å². The van der Waals surface area contributed by atoms with Gasteiger partial charge in [0, 0.05) is 6.61 Å². The summed E-state index contributed by atoms with van der Waals surface area (Å²) in [5.41, 5.74) is -0.199. The highest BCUT2D eigenvalue weighted by Crippen LogP contribution is 2.16. The average Bonchev–Trinajstić information content (AvgIpc) is 2.44. The number of hydrogen-bond acceptors (Lipinski definition) is 5. The molecule has 2 N–H and O–H groups in total. The molecular weight excluding hydrogens is 301 g/mol. The summed E-state index contributed by atoms with van der Waals surface area (Å²) >= 11 is 0. The fourth-order valence-electron chi connectivity index (χ4n) is 2.04. The molecule has 0 amide bonds. The lowest BCUT2D eigenvalue weighted by Crippen LogP contribution is -2.26. The molecule has 2 rings (SSSR count). The second kappa shape index (κ2) is 6.50. The maximum Gasteiger partial charge on any atom is 0.338 e. The van der Waals surface area contributed by atoms with Gasteiger partial charge in [0.1, 0.15) is 12.4 Å². The Morgan fingerprint density at radius 2 is 2.14 bits per heavy atom. The molecule has 6 nitrogen and oxygen atoms in total. The number of rotatable bonds is 4. The van der Waals surface area contributed by atoms with Crippen LogP contribution >= 0.6 is 0 Å². The van der Waals surface area contributed by atoms with Crippen LogP contribution in [-0.4, -0.2) is 33.7 Å². The molecule has 0 radical (unpaired) electrons. The van der Waals surface area contributed by atoms with Crippen LogP contribution < -0.4 is 5.14 Å². The first-order valence-corrected chi connectivity index (χ1v) is 8.03. The Kier molecular flexibility index (Phi) is 4.92. The van der Waals surface area contributed by atoms with Crippen LogP contribution in [0.25, 0.3) is 0 Å². The van der Waals surface area contributed by atoms with Gasteiger partial charge < -0.3 is 9.47 Å². The topological polar surface area (TPSA) is 95.7 Å². The van der Waals surface area contributed by atoms with Crippen LogP contribution in [0.15, 0.2) is 23.1 Å². The minimum absolute atomic E-state index is 0.0556. The van der Waals surface area contributed by atoms with Gasteiger partial charge in [-0.1, -0.05) is 0 Å². The van der Waals surface area contributed by atoms with Crippen LogP contribution in [0.5, 0.6) is 0 Å². The summed E-state index contributed by atoms with van der Waals surface area (Å²) in [6, 6.07) is 2.64. The molecule has 1 heterocycles. The maximum absolute atomic E-state index is 13.4. The molecule has 0 saturated carbocycles. The normalized spacial score (nSPS) is 19.2. The second-order valence-electron chi connectivity index (χ2n) is 4.81. The summed E-state index contributed by atoms with van der Waals surface area (Å²) in [5.74, 6) is -1.68. The van der Waals surface area contributed by atoms with Crippen LogP contribution in [0, 0.1) is 5.82 Å². The molecule has 1 aromatic carbocycles. The smallest absolute Gasteiger partial charge is 0.338 e. The minimum Gasteiger partial charge on any atom is -0.459 e. The summed E-state index contributed by atoms with van der Waals surface area (Å²) < 4.78 is 46.2. The summed E-state index contributed by atoms with van der Waals surface area (Å²) in [6.07, 6.45) is 2.59. The van der Waals surface area contributed by atoms with E-state index in [0.29, 0.717) is 6.61 Å². The van der Waals surface area contributed by atoms with Gasteiger partial charge in [0.2, 0.25) is 10.0 Å². The van der Waals surface area contributed by atoms with Crippen LogP contribution in [0.3, 0.4) is 0 Å². The molecule has 1 fully saturated rings. The highest BCUT2D eigenvalue weighted by atomic mass is 32.2. The molecular formula is C13H16FNO5S. The van der Waals surface area contributed by atoms with Crippen molar-refractivity contribution in [2.24, 2.45) is 5.14 Å². The number of benzene rings is 1. The summed E-state index contributed by atoms with van der Waals surface area (Å²) in [7, 11) is -4.09. The van der Waals surface area contributed by atoms with E-state index in [2.05, 4.69) is 0 Å².